The molecule has 0 fully saturated rings. The summed E-state index contributed by atoms with van der Waals surface area (Å²) in [6.07, 6.45) is -0.878. The molecular formula is C8H18BrNO3. The summed E-state index contributed by atoms with van der Waals surface area (Å²) < 4.78 is 4.79. The van der Waals surface area contributed by atoms with E-state index in [1.807, 2.05) is 11.9 Å². The van der Waals surface area contributed by atoms with Gasteiger partial charge in [-0.05, 0) is 7.05 Å². The first-order chi connectivity index (χ1) is 6.10. The maximum absolute atomic E-state index is 9.35. The largest absolute Gasteiger partial charge is 0.391 e. The molecule has 0 aromatic carbocycles. The number of nitrogens with zero attached hydrogens (tertiary/aromatic N) is 1. The first-order valence-electron chi connectivity index (χ1n) is 4.19. The Bertz CT molecular complexity index is 126. The van der Waals surface area contributed by atoms with Crippen LogP contribution < -0.4 is 0 Å². The minimum absolute atomic E-state index is 0.328. The molecule has 0 aromatic heterocycles. The summed E-state index contributed by atoms with van der Waals surface area (Å²) in [5.41, 5.74) is 0. The normalized spacial score (nSPS) is 16.2. The van der Waals surface area contributed by atoms with Crippen molar-refractivity contribution in [2.45, 2.75) is 12.2 Å². The van der Waals surface area contributed by atoms with Crippen molar-refractivity contribution in [1.82, 2.24) is 4.90 Å². The molecule has 2 N–H and O–H groups in total. The number of rotatable bonds is 7. The van der Waals surface area contributed by atoms with Crippen LogP contribution in [0.5, 0.6) is 0 Å². The molecule has 0 radical (unpaired) electrons. The molecule has 0 saturated carbocycles. The smallest absolute Gasteiger partial charge is 0.0899 e. The molecule has 0 spiro atoms. The van der Waals surface area contributed by atoms with E-state index in [0.29, 0.717) is 25.0 Å². The minimum Gasteiger partial charge on any atom is -0.391 e. The Morgan fingerprint density at radius 2 is 1.85 bits per heavy atom. The van der Waals surface area contributed by atoms with Gasteiger partial charge in [-0.1, -0.05) is 15.9 Å². The third-order valence-electron chi connectivity index (χ3n) is 1.58. The Balaban J connectivity index is 3.54. The Morgan fingerprint density at radius 3 is 2.31 bits per heavy atom. The molecule has 0 amide bonds. The number of aliphatic hydroxyl groups is 2. The highest BCUT2D eigenvalue weighted by Crippen LogP contribution is 1.96. The zero-order valence-corrected chi connectivity index (χ0v) is 9.70. The topological polar surface area (TPSA) is 52.9 Å². The van der Waals surface area contributed by atoms with Crippen molar-refractivity contribution in [3.8, 4) is 0 Å². The molecule has 0 saturated heterocycles. The van der Waals surface area contributed by atoms with Gasteiger partial charge in [0.1, 0.15) is 0 Å². The summed E-state index contributed by atoms with van der Waals surface area (Å²) in [5.74, 6) is 0. The SMILES string of the molecule is COCC(O)CN(C)CC(O)CBr. The van der Waals surface area contributed by atoms with Crippen LogP contribution in [0.1, 0.15) is 0 Å². The fourth-order valence-corrected chi connectivity index (χ4v) is 1.29. The van der Waals surface area contributed by atoms with Gasteiger partial charge in [0.25, 0.3) is 0 Å². The van der Waals surface area contributed by atoms with Crippen molar-refractivity contribution in [3.63, 3.8) is 0 Å². The molecule has 5 heteroatoms. The van der Waals surface area contributed by atoms with E-state index in [9.17, 15) is 10.2 Å². The third-order valence-corrected chi connectivity index (χ3v) is 2.33. The third kappa shape index (κ3) is 7.40. The number of alkyl halides is 1. The number of halogens is 1. The lowest BCUT2D eigenvalue weighted by atomic mass is 10.3. The highest BCUT2D eigenvalue weighted by Gasteiger charge is 2.10. The zero-order valence-electron chi connectivity index (χ0n) is 8.11. The Morgan fingerprint density at radius 1 is 1.31 bits per heavy atom. The second-order valence-corrected chi connectivity index (χ2v) is 3.79. The van der Waals surface area contributed by atoms with Crippen LogP contribution in [0, 0.1) is 0 Å². The average Bonchev–Trinajstić information content (AvgIpc) is 2.04. The number of likely N-dealkylation sites (N-methyl/N-ethyl adjacent to an activating group) is 1. The summed E-state index contributed by atoms with van der Waals surface area (Å²) in [4.78, 5) is 1.87. The van der Waals surface area contributed by atoms with E-state index in [1.54, 1.807) is 7.11 Å². The van der Waals surface area contributed by atoms with Gasteiger partial charge in [0, 0.05) is 25.5 Å². The second-order valence-electron chi connectivity index (χ2n) is 3.14. The molecule has 2 atom stereocenters. The van der Waals surface area contributed by atoms with Gasteiger partial charge in [0.05, 0.1) is 18.8 Å². The predicted molar refractivity (Wildman–Crippen MR) is 55.2 cm³/mol. The average molecular weight is 256 g/mol. The molecule has 0 aliphatic rings. The van der Waals surface area contributed by atoms with Crippen molar-refractivity contribution >= 4 is 15.9 Å². The van der Waals surface area contributed by atoms with E-state index in [2.05, 4.69) is 15.9 Å². The van der Waals surface area contributed by atoms with Crippen molar-refractivity contribution in [2.24, 2.45) is 0 Å². The highest BCUT2D eigenvalue weighted by atomic mass is 79.9. The molecule has 0 aliphatic heterocycles. The monoisotopic (exact) mass is 255 g/mol. The summed E-state index contributed by atoms with van der Waals surface area (Å²) in [6, 6.07) is 0. The lowest BCUT2D eigenvalue weighted by Gasteiger charge is -2.21. The van der Waals surface area contributed by atoms with Crippen LogP contribution >= 0.6 is 15.9 Å². The van der Waals surface area contributed by atoms with Crippen molar-refractivity contribution in [3.05, 3.63) is 0 Å². The van der Waals surface area contributed by atoms with Gasteiger partial charge in [0.2, 0.25) is 0 Å². The van der Waals surface area contributed by atoms with Gasteiger partial charge >= 0.3 is 0 Å². The van der Waals surface area contributed by atoms with E-state index in [4.69, 9.17) is 4.74 Å². The van der Waals surface area contributed by atoms with E-state index < -0.39 is 6.10 Å². The van der Waals surface area contributed by atoms with Crippen LogP contribution in [0.2, 0.25) is 0 Å². The van der Waals surface area contributed by atoms with E-state index >= 15 is 0 Å². The predicted octanol–water partition coefficient (Wildman–Crippen LogP) is -0.319. The molecule has 80 valence electrons. The molecule has 13 heavy (non-hydrogen) atoms. The summed E-state index contributed by atoms with van der Waals surface area (Å²) >= 11 is 3.18. The highest BCUT2D eigenvalue weighted by molar-refractivity contribution is 9.09. The van der Waals surface area contributed by atoms with Crippen LogP contribution in [0.15, 0.2) is 0 Å². The second kappa shape index (κ2) is 7.70. The molecule has 0 heterocycles. The summed E-state index contributed by atoms with van der Waals surface area (Å²) in [6.45, 7) is 1.39. The van der Waals surface area contributed by atoms with Crippen LogP contribution in [0.25, 0.3) is 0 Å². The zero-order chi connectivity index (χ0) is 10.3. The Labute approximate surface area is 87.6 Å². The van der Waals surface area contributed by atoms with Gasteiger partial charge in [-0.15, -0.1) is 0 Å². The van der Waals surface area contributed by atoms with Crippen LogP contribution in [-0.4, -0.2) is 66.5 Å². The molecule has 2 unspecified atom stereocenters. The Hall–Kier alpha value is 0.320. The maximum atomic E-state index is 9.35. The van der Waals surface area contributed by atoms with Crippen LogP contribution in [-0.2, 0) is 4.74 Å². The van der Waals surface area contributed by atoms with E-state index in [0.717, 1.165) is 0 Å². The van der Waals surface area contributed by atoms with Crippen LogP contribution in [0.3, 0.4) is 0 Å². The van der Waals surface area contributed by atoms with Crippen molar-refractivity contribution < 1.29 is 14.9 Å². The fraction of sp³-hybridized carbons (Fsp3) is 1.00. The molecule has 0 rings (SSSR count). The quantitative estimate of drug-likeness (QED) is 0.613. The number of aliphatic hydroxyl groups excluding tert-OH is 2. The summed E-state index contributed by atoms with van der Waals surface area (Å²) in [5, 5.41) is 19.2. The van der Waals surface area contributed by atoms with Crippen molar-refractivity contribution in [2.75, 3.05) is 39.2 Å². The van der Waals surface area contributed by atoms with Gasteiger partial charge < -0.3 is 19.8 Å². The van der Waals surface area contributed by atoms with E-state index in [1.165, 1.54) is 0 Å². The van der Waals surface area contributed by atoms with E-state index in [-0.39, 0.29) is 6.10 Å². The number of ether oxygens (including phenoxy) is 1. The fourth-order valence-electron chi connectivity index (χ4n) is 1.09. The lowest BCUT2D eigenvalue weighted by molar-refractivity contribution is 0.0345. The first kappa shape index (κ1) is 13.3. The number of hydrogen-bond acceptors (Lipinski definition) is 4. The van der Waals surface area contributed by atoms with Gasteiger partial charge in [-0.2, -0.15) is 0 Å². The molecular weight excluding hydrogens is 238 g/mol. The minimum atomic E-state index is -0.488. The Kier molecular flexibility index (Phi) is 7.89. The van der Waals surface area contributed by atoms with Gasteiger partial charge in [-0.3, -0.25) is 0 Å². The lowest BCUT2D eigenvalue weighted by Crippen LogP contribution is -2.37. The number of methoxy groups -OCH3 is 1. The molecule has 0 bridgehead atoms. The standard InChI is InChI=1S/C8H18BrNO3/c1-10(4-7(11)3-9)5-8(12)6-13-2/h7-8,11-12H,3-6H2,1-2H3. The molecule has 4 nitrogen and oxygen atoms in total. The van der Waals surface area contributed by atoms with Gasteiger partial charge in [-0.25, -0.2) is 0 Å². The molecule has 0 aromatic rings. The maximum Gasteiger partial charge on any atom is 0.0899 e. The van der Waals surface area contributed by atoms with Gasteiger partial charge in [0.15, 0.2) is 0 Å². The summed E-state index contributed by atoms with van der Waals surface area (Å²) in [7, 11) is 3.40. The first-order valence-corrected chi connectivity index (χ1v) is 5.31. The molecule has 0 aliphatic carbocycles. The van der Waals surface area contributed by atoms with Crippen molar-refractivity contribution in [1.29, 1.82) is 0 Å². The number of hydrogen-bond donors (Lipinski definition) is 2. The van der Waals surface area contributed by atoms with Crippen LogP contribution in [0.4, 0.5) is 0 Å².